The number of aliphatic hydroxyl groups excluding tert-OH is 9. The van der Waals surface area contributed by atoms with E-state index in [4.69, 9.17) is 57.2 Å². The average Bonchev–Trinajstić information content (AvgIpc) is 3.29. The Kier molecular flexibility index (Phi) is 20.9. The van der Waals surface area contributed by atoms with E-state index in [1.54, 1.807) is 30.3 Å². The van der Waals surface area contributed by atoms with Gasteiger partial charge < -0.3 is 108 Å². The van der Waals surface area contributed by atoms with Crippen LogP contribution in [0, 0.1) is 0 Å². The highest BCUT2D eigenvalue weighted by atomic mass is 32.3. The highest BCUT2D eigenvalue weighted by molar-refractivity contribution is 7.80. The van der Waals surface area contributed by atoms with Crippen molar-refractivity contribution in [1.82, 2.24) is 5.32 Å². The minimum Gasteiger partial charge on any atom is -0.480 e. The van der Waals surface area contributed by atoms with Gasteiger partial charge in [0.1, 0.15) is 98.7 Å². The van der Waals surface area contributed by atoms with Gasteiger partial charge in [0.2, 0.25) is 5.91 Å². The molecule has 1 amide bonds. The van der Waals surface area contributed by atoms with Crippen LogP contribution in [-0.2, 0) is 82.8 Å². The van der Waals surface area contributed by atoms with E-state index in [1.165, 1.54) is 14.2 Å². The molecule has 0 spiro atoms. The molecule has 12 N–H and O–H groups in total. The number of carbonyl (C=O) groups excluding carboxylic acids is 1. The number of amides is 1. The van der Waals surface area contributed by atoms with Gasteiger partial charge in [-0.3, -0.25) is 9.35 Å². The van der Waals surface area contributed by atoms with E-state index in [0.29, 0.717) is 0 Å². The van der Waals surface area contributed by atoms with Gasteiger partial charge in [-0.05, 0) is 12.0 Å². The molecule has 0 aliphatic carbocycles. The normalized spacial score (nSPS) is 39.5. The summed E-state index contributed by atoms with van der Waals surface area (Å²) in [4.78, 5) is 24.0. The number of carbonyl (C=O) groups is 2. The number of ether oxygens (including phenoxy) is 11. The third kappa shape index (κ3) is 14.9. The molecule has 67 heavy (non-hydrogen) atoms. The molecule has 1 aromatic rings. The van der Waals surface area contributed by atoms with E-state index < -0.39 is 172 Å². The van der Waals surface area contributed by atoms with E-state index >= 15 is 0 Å². The average molecular weight is 994 g/mol. The summed E-state index contributed by atoms with van der Waals surface area (Å²) in [5.41, 5.74) is 0.759. The van der Waals surface area contributed by atoms with Gasteiger partial charge in [0.05, 0.1) is 32.5 Å². The number of methoxy groups -OCH3 is 2. The van der Waals surface area contributed by atoms with Crippen molar-refractivity contribution in [3.63, 3.8) is 0 Å². The van der Waals surface area contributed by atoms with Crippen LogP contribution in [0.5, 0.6) is 0 Å². The summed E-state index contributed by atoms with van der Waals surface area (Å²) in [6.07, 6.45) is -34.8. The Bertz CT molecular complexity index is 1780. The molecule has 0 saturated carbocycles. The second-order valence-electron chi connectivity index (χ2n) is 15.8. The number of aliphatic hydroxyl groups is 9. The Morgan fingerprint density at radius 1 is 0.582 bits per heavy atom. The van der Waals surface area contributed by atoms with Crippen molar-refractivity contribution in [1.29, 1.82) is 0 Å². The molecule has 1 aromatic carbocycles. The number of rotatable bonds is 23. The summed E-state index contributed by atoms with van der Waals surface area (Å²) >= 11 is 0. The number of hydrogen-bond acceptors (Lipinski definition) is 25. The maximum atomic E-state index is 12.8. The summed E-state index contributed by atoms with van der Waals surface area (Å²) in [5.74, 6) is -2.11. The van der Waals surface area contributed by atoms with E-state index in [2.05, 4.69) is 9.50 Å². The standard InChI is InChI=1S/C38H59NO27S/c1-55-11-18-24(44)28(48)33(59-15-22(41)42)37(63-18)60-12-20-26(46)30(50)34(66-67(52,53)54)38(65-20)61-13-19-25(45)29(49)32(58-14-21(40)39-10-16-6-4-3-5-7-16)36(64-19)57-9-8-17-23(43)27(47)31(51)35(56-2)62-17/h3-7,17-20,23-38,43-51H,8-15H2,1-2H3,(H,39,40)(H,41,42)(H,52,53,54)/t17-,18-,19-,20-,23-,24-,25-,26-,27+,28+,29+,30+,31-,32-,33-,34-,35+,36+,37+,38+/m1/s1. The molecular formula is C38H59NO27S. The van der Waals surface area contributed by atoms with Crippen LogP contribution in [0.2, 0.25) is 0 Å². The minimum absolute atomic E-state index is 0.115. The predicted octanol–water partition coefficient (Wildman–Crippen LogP) is -6.77. The molecule has 384 valence electrons. The SMILES string of the molecule is COC[C@H]1O[C@H](OC[C@H]2O[C@H](OC[C@H]3O[C@H](OCC[C@H]4O[C@H](OC)[C@H](O)[C@@H](O)[C@@H]4O)[C@H](OCC(=O)NCc4ccccc4)[C@@H](O)[C@@H]3O)[C@H](OS(=O)(=O)O)[C@@H](O)[C@@H]2O)[C@H](OCC(=O)O)[C@@H](O)[C@@H]1O. The highest BCUT2D eigenvalue weighted by Crippen LogP contribution is 2.32. The van der Waals surface area contributed by atoms with Crippen molar-refractivity contribution in [3.05, 3.63) is 35.9 Å². The zero-order valence-electron chi connectivity index (χ0n) is 36.0. The number of hydrogen-bond donors (Lipinski definition) is 12. The number of aliphatic carboxylic acids is 1. The molecule has 0 unspecified atom stereocenters. The highest BCUT2D eigenvalue weighted by Gasteiger charge is 2.52. The zero-order valence-corrected chi connectivity index (χ0v) is 36.8. The molecule has 28 nitrogen and oxygen atoms in total. The Balaban J connectivity index is 1.30. The molecule has 20 atom stereocenters. The fourth-order valence-corrected chi connectivity index (χ4v) is 8.00. The van der Waals surface area contributed by atoms with Gasteiger partial charge in [-0.1, -0.05) is 30.3 Å². The number of nitrogens with one attached hydrogen (secondary N) is 1. The molecule has 4 saturated heterocycles. The van der Waals surface area contributed by atoms with E-state index in [-0.39, 0.29) is 26.2 Å². The smallest absolute Gasteiger partial charge is 0.397 e. The summed E-state index contributed by atoms with van der Waals surface area (Å²) < 4.78 is 98.7. The molecule has 4 heterocycles. The van der Waals surface area contributed by atoms with Crippen molar-refractivity contribution >= 4 is 22.3 Å². The molecule has 4 fully saturated rings. The zero-order chi connectivity index (χ0) is 49.2. The van der Waals surface area contributed by atoms with Crippen molar-refractivity contribution in [2.75, 3.05) is 53.9 Å². The molecule has 0 bridgehead atoms. The molecular weight excluding hydrogens is 934 g/mol. The van der Waals surface area contributed by atoms with Gasteiger partial charge in [-0.15, -0.1) is 0 Å². The summed E-state index contributed by atoms with van der Waals surface area (Å²) in [5, 5.41) is 109. The molecule has 5 rings (SSSR count). The third-order valence-corrected chi connectivity index (χ3v) is 11.5. The van der Waals surface area contributed by atoms with Crippen molar-refractivity contribution in [2.45, 2.75) is 136 Å². The molecule has 0 aromatic heterocycles. The van der Waals surface area contributed by atoms with Gasteiger partial charge >= 0.3 is 16.4 Å². The lowest BCUT2D eigenvalue weighted by Crippen LogP contribution is -2.63. The summed E-state index contributed by atoms with van der Waals surface area (Å²) in [6.45, 7) is -3.92. The van der Waals surface area contributed by atoms with Crippen LogP contribution >= 0.6 is 0 Å². The topological polar surface area (TPSA) is 414 Å². The van der Waals surface area contributed by atoms with Gasteiger partial charge in [0.15, 0.2) is 31.3 Å². The second kappa shape index (κ2) is 25.4. The fourth-order valence-electron chi connectivity index (χ4n) is 7.51. The quantitative estimate of drug-likeness (QED) is 0.0453. The lowest BCUT2D eigenvalue weighted by molar-refractivity contribution is -0.344. The summed E-state index contributed by atoms with van der Waals surface area (Å²) in [7, 11) is -2.96. The van der Waals surface area contributed by atoms with E-state index in [0.717, 1.165) is 5.56 Å². The monoisotopic (exact) mass is 993 g/mol. The van der Waals surface area contributed by atoms with E-state index in [1.807, 2.05) is 0 Å². The largest absolute Gasteiger partial charge is 0.480 e. The number of carboxylic acids is 1. The number of benzene rings is 1. The fraction of sp³-hybridized carbons (Fsp3) is 0.789. The van der Waals surface area contributed by atoms with Crippen molar-refractivity contribution in [3.8, 4) is 0 Å². The van der Waals surface area contributed by atoms with Gasteiger partial charge in [-0.25, -0.2) is 8.98 Å². The van der Waals surface area contributed by atoms with Crippen molar-refractivity contribution < 1.29 is 130 Å². The van der Waals surface area contributed by atoms with Crippen molar-refractivity contribution in [2.24, 2.45) is 0 Å². The van der Waals surface area contributed by atoms with Gasteiger partial charge in [0, 0.05) is 20.8 Å². The summed E-state index contributed by atoms with van der Waals surface area (Å²) in [6, 6.07) is 8.83. The first kappa shape index (κ1) is 55.2. The molecule has 4 aliphatic rings. The molecule has 29 heteroatoms. The maximum absolute atomic E-state index is 12.8. The maximum Gasteiger partial charge on any atom is 0.397 e. The van der Waals surface area contributed by atoms with Crippen LogP contribution < -0.4 is 5.32 Å². The van der Waals surface area contributed by atoms with Gasteiger partial charge in [0.25, 0.3) is 0 Å². The van der Waals surface area contributed by atoms with Crippen LogP contribution in [0.3, 0.4) is 0 Å². The van der Waals surface area contributed by atoms with Crippen LogP contribution in [0.4, 0.5) is 0 Å². The Morgan fingerprint density at radius 3 is 1.58 bits per heavy atom. The lowest BCUT2D eigenvalue weighted by Gasteiger charge is -2.45. The Hall–Kier alpha value is -2.77. The van der Waals surface area contributed by atoms with Crippen LogP contribution in [0.15, 0.2) is 30.3 Å². The molecule has 4 aliphatic heterocycles. The first-order valence-corrected chi connectivity index (χ1v) is 22.1. The molecule has 0 radical (unpaired) electrons. The minimum atomic E-state index is -5.42. The Labute approximate surface area is 382 Å². The van der Waals surface area contributed by atoms with Crippen LogP contribution in [-0.4, -0.2) is 253 Å². The van der Waals surface area contributed by atoms with E-state index in [9.17, 15) is 68.5 Å². The second-order valence-corrected chi connectivity index (χ2v) is 16.8. The predicted molar refractivity (Wildman–Crippen MR) is 212 cm³/mol. The van der Waals surface area contributed by atoms with Gasteiger partial charge in [-0.2, -0.15) is 8.42 Å². The lowest BCUT2D eigenvalue weighted by atomic mass is 9.97. The third-order valence-electron chi connectivity index (χ3n) is 11.1. The first-order chi connectivity index (χ1) is 31.7. The number of carboxylic acid groups (broad SMARTS) is 1. The first-order valence-electron chi connectivity index (χ1n) is 20.8. The van der Waals surface area contributed by atoms with Crippen LogP contribution in [0.1, 0.15) is 12.0 Å². The van der Waals surface area contributed by atoms with Crippen LogP contribution in [0.25, 0.3) is 0 Å². The Morgan fingerprint density at radius 2 is 1.06 bits per heavy atom.